The molecule has 0 amide bonds. The summed E-state index contributed by atoms with van der Waals surface area (Å²) in [6, 6.07) is 4.03. The van der Waals surface area contributed by atoms with Crippen LogP contribution in [0.2, 0.25) is 5.02 Å². The number of aromatic nitrogens is 2. The first-order valence-electron chi connectivity index (χ1n) is 5.45. The Morgan fingerprint density at radius 1 is 1.44 bits per heavy atom. The van der Waals surface area contributed by atoms with Gasteiger partial charge in [-0.2, -0.15) is 0 Å². The van der Waals surface area contributed by atoms with Crippen molar-refractivity contribution in [3.8, 4) is 0 Å². The summed E-state index contributed by atoms with van der Waals surface area (Å²) in [6.07, 6.45) is 1.85. The van der Waals surface area contributed by atoms with E-state index in [0.29, 0.717) is 6.54 Å². The highest BCUT2D eigenvalue weighted by molar-refractivity contribution is 6.35. The van der Waals surface area contributed by atoms with E-state index in [2.05, 4.69) is 15.6 Å². The van der Waals surface area contributed by atoms with Gasteiger partial charge in [-0.25, -0.2) is 4.98 Å². The molecule has 3 nitrogen and oxygen atoms in total. The van der Waals surface area contributed by atoms with Gasteiger partial charge >= 0.3 is 0 Å². The highest BCUT2D eigenvalue weighted by Crippen LogP contribution is 2.25. The lowest BCUT2D eigenvalue weighted by molar-refractivity contribution is 0.741. The number of hydrogen-bond acceptors (Lipinski definition) is 2. The third kappa shape index (κ3) is 1.93. The largest absolute Gasteiger partial charge is 0.330 e. The Balaban J connectivity index is 2.54. The number of nitrogens with zero attached hydrogens (tertiary/aromatic N) is 2. The Labute approximate surface area is 100 Å². The van der Waals surface area contributed by atoms with Gasteiger partial charge in [-0.05, 0) is 37.6 Å². The Kier molecular flexibility index (Phi) is 3.17. The zero-order chi connectivity index (χ0) is 11.7. The van der Waals surface area contributed by atoms with Gasteiger partial charge in [0.25, 0.3) is 0 Å². The minimum atomic E-state index is 0.690. The fourth-order valence-electron chi connectivity index (χ4n) is 1.96. The van der Waals surface area contributed by atoms with E-state index in [0.717, 1.165) is 40.3 Å². The van der Waals surface area contributed by atoms with Crippen LogP contribution in [0.25, 0.3) is 11.0 Å². The van der Waals surface area contributed by atoms with E-state index < -0.39 is 0 Å². The molecule has 0 saturated carbocycles. The topological polar surface area (TPSA) is 43.8 Å². The summed E-state index contributed by atoms with van der Waals surface area (Å²) in [4.78, 5) is 4.59. The predicted octanol–water partition coefficient (Wildman–Crippen LogP) is 2.43. The maximum Gasteiger partial charge on any atom is 0.109 e. The summed E-state index contributed by atoms with van der Waals surface area (Å²) in [5.41, 5.74) is 8.64. The van der Waals surface area contributed by atoms with Crippen molar-refractivity contribution in [1.29, 1.82) is 0 Å². The number of fused-ring (bicyclic) bond motifs is 1. The zero-order valence-electron chi connectivity index (χ0n) is 9.63. The first-order valence-corrected chi connectivity index (χ1v) is 5.83. The van der Waals surface area contributed by atoms with Crippen LogP contribution in [0.5, 0.6) is 0 Å². The molecule has 0 aliphatic carbocycles. The van der Waals surface area contributed by atoms with Gasteiger partial charge in [-0.3, -0.25) is 0 Å². The predicted molar refractivity (Wildman–Crippen MR) is 67.8 cm³/mol. The van der Waals surface area contributed by atoms with E-state index in [1.807, 2.05) is 20.0 Å². The van der Waals surface area contributed by atoms with Gasteiger partial charge in [0.05, 0.1) is 16.1 Å². The molecule has 2 N–H and O–H groups in total. The van der Waals surface area contributed by atoms with Gasteiger partial charge in [0.1, 0.15) is 5.82 Å². The fourth-order valence-corrected chi connectivity index (χ4v) is 2.36. The quantitative estimate of drug-likeness (QED) is 0.891. The lowest BCUT2D eigenvalue weighted by Gasteiger charge is -2.02. The van der Waals surface area contributed by atoms with Gasteiger partial charge < -0.3 is 10.3 Å². The molecule has 0 radical (unpaired) electrons. The van der Waals surface area contributed by atoms with Crippen LogP contribution in [0.4, 0.5) is 0 Å². The molecule has 1 heterocycles. The van der Waals surface area contributed by atoms with Gasteiger partial charge in [0, 0.05) is 13.5 Å². The van der Waals surface area contributed by atoms with Crippen LogP contribution in [0, 0.1) is 6.92 Å². The van der Waals surface area contributed by atoms with E-state index in [-0.39, 0.29) is 0 Å². The highest BCUT2D eigenvalue weighted by atomic mass is 35.5. The molecule has 0 bridgehead atoms. The maximum absolute atomic E-state index is 6.23. The van der Waals surface area contributed by atoms with Crippen LogP contribution in [0.3, 0.4) is 0 Å². The van der Waals surface area contributed by atoms with Gasteiger partial charge in [-0.15, -0.1) is 0 Å². The second-order valence-corrected chi connectivity index (χ2v) is 4.50. The Morgan fingerprint density at radius 3 is 2.88 bits per heavy atom. The highest BCUT2D eigenvalue weighted by Gasteiger charge is 2.10. The van der Waals surface area contributed by atoms with Crippen molar-refractivity contribution in [1.82, 2.24) is 9.55 Å². The molecule has 0 saturated heterocycles. The second kappa shape index (κ2) is 4.44. The molecule has 2 rings (SSSR count). The van der Waals surface area contributed by atoms with Crippen molar-refractivity contribution in [3.05, 3.63) is 28.5 Å². The SMILES string of the molecule is Cc1cc(Cl)c2c(c1)nc(CCCN)n2C. The fraction of sp³-hybridized carbons (Fsp3) is 0.417. The van der Waals surface area contributed by atoms with Crippen LogP contribution in [0.15, 0.2) is 12.1 Å². The van der Waals surface area contributed by atoms with Crippen molar-refractivity contribution < 1.29 is 0 Å². The van der Waals surface area contributed by atoms with E-state index in [1.54, 1.807) is 0 Å². The number of nitrogens with two attached hydrogens (primary N) is 1. The molecule has 0 atom stereocenters. The number of rotatable bonds is 3. The minimum absolute atomic E-state index is 0.690. The van der Waals surface area contributed by atoms with E-state index in [9.17, 15) is 0 Å². The van der Waals surface area contributed by atoms with Crippen molar-refractivity contribution in [2.24, 2.45) is 12.8 Å². The molecule has 0 aliphatic rings. The van der Waals surface area contributed by atoms with Crippen LogP contribution < -0.4 is 5.73 Å². The molecule has 1 aromatic carbocycles. The Morgan fingerprint density at radius 2 is 2.19 bits per heavy atom. The molecule has 0 unspecified atom stereocenters. The van der Waals surface area contributed by atoms with E-state index >= 15 is 0 Å². The standard InChI is InChI=1S/C12H16ClN3/c1-8-6-9(13)12-10(7-8)15-11(16(12)2)4-3-5-14/h6-7H,3-5,14H2,1-2H3. The van der Waals surface area contributed by atoms with Gasteiger partial charge in [-0.1, -0.05) is 11.6 Å². The number of halogens is 1. The average Bonchev–Trinajstić information content (AvgIpc) is 2.52. The van der Waals surface area contributed by atoms with E-state index in [1.165, 1.54) is 0 Å². The van der Waals surface area contributed by atoms with Gasteiger partial charge in [0.2, 0.25) is 0 Å². The van der Waals surface area contributed by atoms with Crippen molar-refractivity contribution in [2.45, 2.75) is 19.8 Å². The van der Waals surface area contributed by atoms with Crippen molar-refractivity contribution in [3.63, 3.8) is 0 Å². The number of aryl methyl sites for hydroxylation is 3. The monoisotopic (exact) mass is 237 g/mol. The first-order chi connectivity index (χ1) is 7.63. The summed E-state index contributed by atoms with van der Waals surface area (Å²) < 4.78 is 2.06. The molecule has 1 aromatic heterocycles. The van der Waals surface area contributed by atoms with Gasteiger partial charge in [0.15, 0.2) is 0 Å². The molecule has 16 heavy (non-hydrogen) atoms. The third-order valence-corrected chi connectivity index (χ3v) is 3.05. The molecule has 0 spiro atoms. The Hall–Kier alpha value is -1.06. The molecule has 2 aromatic rings. The maximum atomic E-state index is 6.23. The normalized spacial score (nSPS) is 11.2. The van der Waals surface area contributed by atoms with Crippen LogP contribution in [-0.4, -0.2) is 16.1 Å². The summed E-state index contributed by atoms with van der Waals surface area (Å²) >= 11 is 6.23. The second-order valence-electron chi connectivity index (χ2n) is 4.09. The number of hydrogen-bond donors (Lipinski definition) is 1. The molecular formula is C12H16ClN3. The lowest BCUT2D eigenvalue weighted by Crippen LogP contribution is -2.04. The molecule has 4 heteroatoms. The summed E-state index contributed by atoms with van der Waals surface area (Å²) in [6.45, 7) is 2.72. The lowest BCUT2D eigenvalue weighted by atomic mass is 10.2. The number of benzene rings is 1. The van der Waals surface area contributed by atoms with Crippen molar-refractivity contribution >= 4 is 22.6 Å². The first kappa shape index (κ1) is 11.4. The Bertz CT molecular complexity index is 516. The number of imidazole rings is 1. The van der Waals surface area contributed by atoms with Crippen molar-refractivity contribution in [2.75, 3.05) is 6.54 Å². The zero-order valence-corrected chi connectivity index (χ0v) is 10.4. The summed E-state index contributed by atoms with van der Waals surface area (Å²) in [7, 11) is 2.00. The van der Waals surface area contributed by atoms with Crippen LogP contribution in [0.1, 0.15) is 17.8 Å². The third-order valence-electron chi connectivity index (χ3n) is 2.76. The van der Waals surface area contributed by atoms with E-state index in [4.69, 9.17) is 17.3 Å². The molecule has 0 aliphatic heterocycles. The molecule has 0 fully saturated rings. The summed E-state index contributed by atoms with van der Waals surface area (Å²) in [5.74, 6) is 1.05. The molecule has 86 valence electrons. The smallest absolute Gasteiger partial charge is 0.109 e. The average molecular weight is 238 g/mol. The van der Waals surface area contributed by atoms with Crippen LogP contribution >= 0.6 is 11.6 Å². The summed E-state index contributed by atoms with van der Waals surface area (Å²) in [5, 5.41) is 0.768. The molecular weight excluding hydrogens is 222 g/mol. The van der Waals surface area contributed by atoms with Crippen LogP contribution in [-0.2, 0) is 13.5 Å². The minimum Gasteiger partial charge on any atom is -0.330 e.